The van der Waals surface area contributed by atoms with E-state index < -0.39 is 0 Å². The molecule has 0 aliphatic carbocycles. The van der Waals surface area contributed by atoms with Gasteiger partial charge in [-0.1, -0.05) is 6.92 Å². The Kier molecular flexibility index (Phi) is 3.76. The van der Waals surface area contributed by atoms with Gasteiger partial charge in [0.15, 0.2) is 0 Å². The molecule has 1 fully saturated rings. The number of aryl methyl sites for hydroxylation is 2. The molecular weight excluding hydrogens is 278 g/mol. The van der Waals surface area contributed by atoms with Crippen LogP contribution in [0.5, 0.6) is 0 Å². The van der Waals surface area contributed by atoms with Crippen molar-refractivity contribution in [2.45, 2.75) is 33.6 Å². The number of amides is 1. The van der Waals surface area contributed by atoms with Crippen LogP contribution < -0.4 is 0 Å². The van der Waals surface area contributed by atoms with E-state index in [1.807, 2.05) is 36.5 Å². The summed E-state index contributed by atoms with van der Waals surface area (Å²) >= 11 is 0. The highest BCUT2D eigenvalue weighted by molar-refractivity contribution is 5.93. The summed E-state index contributed by atoms with van der Waals surface area (Å²) in [4.78, 5) is 14.5. The molecule has 1 amide bonds. The molecular formula is C16H23N5O. The number of H-pyrrole nitrogens is 1. The highest BCUT2D eigenvalue weighted by Gasteiger charge is 2.24. The van der Waals surface area contributed by atoms with Crippen LogP contribution in [0.1, 0.15) is 41.6 Å². The van der Waals surface area contributed by atoms with E-state index in [0.717, 1.165) is 48.6 Å². The first-order valence-electron chi connectivity index (χ1n) is 7.82. The van der Waals surface area contributed by atoms with E-state index in [-0.39, 0.29) is 5.91 Å². The lowest BCUT2D eigenvalue weighted by molar-refractivity contribution is 0.0691. The summed E-state index contributed by atoms with van der Waals surface area (Å²) in [5.41, 5.74) is 4.33. The minimum Gasteiger partial charge on any atom is -0.337 e. The number of hydrogen-bond donors (Lipinski definition) is 1. The van der Waals surface area contributed by atoms with Crippen molar-refractivity contribution in [3.05, 3.63) is 23.1 Å². The molecule has 1 N–H and O–H groups in total. The molecule has 0 atom stereocenters. The number of carbonyl (C=O) groups is 1. The molecule has 0 bridgehead atoms. The number of likely N-dealkylation sites (tertiary alicyclic amines) is 1. The predicted octanol–water partition coefficient (Wildman–Crippen LogP) is 2.30. The molecule has 3 heterocycles. The van der Waals surface area contributed by atoms with Gasteiger partial charge < -0.3 is 4.90 Å². The van der Waals surface area contributed by atoms with Crippen LogP contribution in [-0.4, -0.2) is 43.9 Å². The normalized spacial score (nSPS) is 16.3. The number of nitrogens with zero attached hydrogens (tertiary/aromatic N) is 4. The molecule has 1 saturated heterocycles. The lowest BCUT2D eigenvalue weighted by atomic mass is 9.99. The second kappa shape index (κ2) is 5.59. The zero-order valence-electron chi connectivity index (χ0n) is 13.7. The molecule has 6 heteroatoms. The Balaban J connectivity index is 1.83. The molecule has 0 spiro atoms. The molecule has 3 rings (SSSR count). The largest absolute Gasteiger partial charge is 0.337 e. The number of carbonyl (C=O) groups excluding carboxylic acids is 1. The Labute approximate surface area is 130 Å². The fourth-order valence-corrected chi connectivity index (χ4v) is 3.09. The Morgan fingerprint density at radius 2 is 2.00 bits per heavy atom. The minimum atomic E-state index is 0.0462. The Morgan fingerprint density at radius 1 is 1.32 bits per heavy atom. The van der Waals surface area contributed by atoms with E-state index in [2.05, 4.69) is 22.2 Å². The molecule has 6 nitrogen and oxygen atoms in total. The third-order valence-corrected chi connectivity index (χ3v) is 4.64. The summed E-state index contributed by atoms with van der Waals surface area (Å²) in [6.45, 7) is 7.88. The van der Waals surface area contributed by atoms with E-state index in [1.165, 1.54) is 0 Å². The fraction of sp³-hybridized carbons (Fsp3) is 0.562. The average molecular weight is 301 g/mol. The van der Waals surface area contributed by atoms with E-state index in [1.54, 1.807) is 0 Å². The zero-order chi connectivity index (χ0) is 15.9. The van der Waals surface area contributed by atoms with Gasteiger partial charge in [0, 0.05) is 31.4 Å². The first kappa shape index (κ1) is 14.8. The fourth-order valence-electron chi connectivity index (χ4n) is 3.09. The van der Waals surface area contributed by atoms with Crippen molar-refractivity contribution < 1.29 is 4.79 Å². The number of aromatic nitrogens is 4. The number of aromatic amines is 1. The second-order valence-electron chi connectivity index (χ2n) is 6.31. The maximum Gasteiger partial charge on any atom is 0.271 e. The maximum atomic E-state index is 12.6. The first-order valence-corrected chi connectivity index (χ1v) is 7.82. The summed E-state index contributed by atoms with van der Waals surface area (Å²) in [6.07, 6.45) is 2.15. The number of rotatable bonds is 2. The van der Waals surface area contributed by atoms with Gasteiger partial charge in [-0.15, -0.1) is 0 Å². The average Bonchev–Trinajstić information content (AvgIpc) is 3.05. The highest BCUT2D eigenvalue weighted by Crippen LogP contribution is 2.26. The van der Waals surface area contributed by atoms with Gasteiger partial charge in [0.1, 0.15) is 5.69 Å². The van der Waals surface area contributed by atoms with E-state index >= 15 is 0 Å². The molecule has 2 aromatic heterocycles. The molecule has 1 aliphatic heterocycles. The predicted molar refractivity (Wildman–Crippen MR) is 84.6 cm³/mol. The van der Waals surface area contributed by atoms with Gasteiger partial charge in [-0.05, 0) is 38.7 Å². The summed E-state index contributed by atoms with van der Waals surface area (Å²) in [5, 5.41) is 11.6. The van der Waals surface area contributed by atoms with Crippen LogP contribution in [0.25, 0.3) is 11.3 Å². The van der Waals surface area contributed by atoms with Gasteiger partial charge in [0.05, 0.1) is 11.4 Å². The Bertz CT molecular complexity index is 691. The van der Waals surface area contributed by atoms with Crippen LogP contribution in [0.4, 0.5) is 0 Å². The Morgan fingerprint density at radius 3 is 2.59 bits per heavy atom. The van der Waals surface area contributed by atoms with Gasteiger partial charge in [0.25, 0.3) is 5.91 Å². The summed E-state index contributed by atoms with van der Waals surface area (Å²) < 4.78 is 1.84. The monoisotopic (exact) mass is 301 g/mol. The second-order valence-corrected chi connectivity index (χ2v) is 6.31. The Hall–Kier alpha value is -2.11. The third kappa shape index (κ3) is 2.53. The zero-order valence-corrected chi connectivity index (χ0v) is 13.7. The van der Waals surface area contributed by atoms with Crippen LogP contribution in [0.15, 0.2) is 6.07 Å². The van der Waals surface area contributed by atoms with Crippen LogP contribution in [0, 0.1) is 19.8 Å². The number of piperidine rings is 1. The van der Waals surface area contributed by atoms with Gasteiger partial charge in [0.2, 0.25) is 0 Å². The van der Waals surface area contributed by atoms with Crippen molar-refractivity contribution in [3.8, 4) is 11.3 Å². The quantitative estimate of drug-likeness (QED) is 0.925. The molecule has 0 unspecified atom stereocenters. The molecule has 2 aromatic rings. The van der Waals surface area contributed by atoms with Gasteiger partial charge in [-0.2, -0.15) is 10.2 Å². The molecule has 0 saturated carbocycles. The van der Waals surface area contributed by atoms with Gasteiger partial charge in [-0.3, -0.25) is 14.6 Å². The van der Waals surface area contributed by atoms with E-state index in [4.69, 9.17) is 0 Å². The van der Waals surface area contributed by atoms with E-state index in [9.17, 15) is 4.79 Å². The SMILES string of the molecule is Cc1nn(C)c(C)c1-c1cc(C(=O)N2CCC(C)CC2)[nH]n1. The molecule has 22 heavy (non-hydrogen) atoms. The van der Waals surface area contributed by atoms with Crippen LogP contribution in [-0.2, 0) is 7.05 Å². The first-order chi connectivity index (χ1) is 10.5. The van der Waals surface area contributed by atoms with Crippen LogP contribution >= 0.6 is 0 Å². The van der Waals surface area contributed by atoms with Crippen molar-refractivity contribution in [2.75, 3.05) is 13.1 Å². The van der Waals surface area contributed by atoms with Gasteiger partial charge in [-0.25, -0.2) is 0 Å². The van der Waals surface area contributed by atoms with Crippen molar-refractivity contribution in [1.82, 2.24) is 24.9 Å². The lowest BCUT2D eigenvalue weighted by Crippen LogP contribution is -2.38. The smallest absolute Gasteiger partial charge is 0.271 e. The number of nitrogens with one attached hydrogen (secondary N) is 1. The lowest BCUT2D eigenvalue weighted by Gasteiger charge is -2.29. The maximum absolute atomic E-state index is 12.6. The standard InChI is InChI=1S/C16H23N5O/c1-10-5-7-21(8-6-10)16(22)14-9-13(17-18-14)15-11(2)19-20(4)12(15)3/h9-10H,5-8H2,1-4H3,(H,17,18). The summed E-state index contributed by atoms with van der Waals surface area (Å²) in [5.74, 6) is 0.756. The topological polar surface area (TPSA) is 66.8 Å². The molecule has 118 valence electrons. The van der Waals surface area contributed by atoms with Crippen LogP contribution in [0.3, 0.4) is 0 Å². The molecule has 0 radical (unpaired) electrons. The minimum absolute atomic E-state index is 0.0462. The summed E-state index contributed by atoms with van der Waals surface area (Å²) in [7, 11) is 1.92. The summed E-state index contributed by atoms with van der Waals surface area (Å²) in [6, 6.07) is 1.84. The van der Waals surface area contributed by atoms with Gasteiger partial charge >= 0.3 is 0 Å². The molecule has 1 aliphatic rings. The van der Waals surface area contributed by atoms with Crippen molar-refractivity contribution in [2.24, 2.45) is 13.0 Å². The van der Waals surface area contributed by atoms with Crippen molar-refractivity contribution in [1.29, 1.82) is 0 Å². The van der Waals surface area contributed by atoms with Crippen LogP contribution in [0.2, 0.25) is 0 Å². The number of hydrogen-bond acceptors (Lipinski definition) is 3. The highest BCUT2D eigenvalue weighted by atomic mass is 16.2. The van der Waals surface area contributed by atoms with Crippen molar-refractivity contribution in [3.63, 3.8) is 0 Å². The van der Waals surface area contributed by atoms with Crippen molar-refractivity contribution >= 4 is 5.91 Å². The van der Waals surface area contributed by atoms with E-state index in [0.29, 0.717) is 11.6 Å². The molecule has 0 aromatic carbocycles. The third-order valence-electron chi connectivity index (χ3n) is 4.64.